The summed E-state index contributed by atoms with van der Waals surface area (Å²) in [5, 5.41) is 0. The topological polar surface area (TPSA) is 17.8 Å². The zero-order chi connectivity index (χ0) is 14.1. The summed E-state index contributed by atoms with van der Waals surface area (Å²) in [7, 11) is 0. The molecule has 3 aromatic carbocycles. The van der Waals surface area contributed by atoms with Gasteiger partial charge in [-0.15, -0.1) is 0 Å². The summed E-state index contributed by atoms with van der Waals surface area (Å²) in [5.74, 6) is 0. The molecule has 0 N–H and O–H groups in total. The van der Waals surface area contributed by atoms with Crippen molar-refractivity contribution >= 4 is 11.0 Å². The lowest BCUT2D eigenvalue weighted by Gasteiger charge is -2.06. The highest BCUT2D eigenvalue weighted by atomic mass is 15.0. The minimum absolute atomic E-state index is 1.03. The number of hydrogen-bond donors (Lipinski definition) is 0. The maximum Gasteiger partial charge on any atom is 0.100 e. The Kier molecular flexibility index (Phi) is 2.79. The Labute approximate surface area is 123 Å². The molecule has 0 aliphatic rings. The van der Waals surface area contributed by atoms with E-state index < -0.39 is 0 Å². The Balaban J connectivity index is 1.96. The summed E-state index contributed by atoms with van der Waals surface area (Å²) in [6.07, 6.45) is 1.90. The molecule has 2 heteroatoms. The van der Waals surface area contributed by atoms with Gasteiger partial charge in [-0.2, -0.15) is 0 Å². The predicted molar refractivity (Wildman–Crippen MR) is 86.5 cm³/mol. The smallest absolute Gasteiger partial charge is 0.100 e. The Hall–Kier alpha value is -2.87. The molecule has 0 atom stereocenters. The number of fused-ring (bicyclic) bond motifs is 1. The van der Waals surface area contributed by atoms with Crippen molar-refractivity contribution in [2.24, 2.45) is 0 Å². The molecule has 0 fully saturated rings. The molecule has 100 valence electrons. The van der Waals surface area contributed by atoms with Crippen LogP contribution in [0.3, 0.4) is 0 Å². The van der Waals surface area contributed by atoms with Crippen molar-refractivity contribution in [1.29, 1.82) is 0 Å². The number of rotatable bonds is 2. The van der Waals surface area contributed by atoms with E-state index in [-0.39, 0.29) is 0 Å². The number of para-hydroxylation sites is 2. The number of nitrogens with zero attached hydrogens (tertiary/aromatic N) is 2. The highest BCUT2D eigenvalue weighted by Gasteiger charge is 2.09. The zero-order valence-corrected chi connectivity index (χ0v) is 11.5. The van der Waals surface area contributed by atoms with Crippen LogP contribution >= 0.6 is 0 Å². The van der Waals surface area contributed by atoms with Crippen LogP contribution < -0.4 is 0 Å². The van der Waals surface area contributed by atoms with Crippen molar-refractivity contribution in [3.8, 4) is 16.8 Å². The quantitative estimate of drug-likeness (QED) is 0.516. The Morgan fingerprint density at radius 2 is 1.38 bits per heavy atom. The van der Waals surface area contributed by atoms with E-state index in [1.54, 1.807) is 0 Å². The van der Waals surface area contributed by atoms with Gasteiger partial charge in [-0.05, 0) is 23.8 Å². The van der Waals surface area contributed by atoms with E-state index >= 15 is 0 Å². The maximum atomic E-state index is 4.63. The maximum absolute atomic E-state index is 4.63. The Bertz CT molecular complexity index is 877. The fourth-order valence-electron chi connectivity index (χ4n) is 2.68. The second-order valence-electron chi connectivity index (χ2n) is 4.99. The van der Waals surface area contributed by atoms with Crippen molar-refractivity contribution in [1.82, 2.24) is 9.55 Å². The molecule has 21 heavy (non-hydrogen) atoms. The first kappa shape index (κ1) is 11.9. The third-order valence-electron chi connectivity index (χ3n) is 3.70. The highest BCUT2D eigenvalue weighted by Crippen LogP contribution is 2.28. The molecule has 1 heterocycles. The van der Waals surface area contributed by atoms with E-state index in [0.29, 0.717) is 0 Å². The summed E-state index contributed by atoms with van der Waals surface area (Å²) < 4.78 is 2.13. The third-order valence-corrected chi connectivity index (χ3v) is 3.70. The van der Waals surface area contributed by atoms with Crippen molar-refractivity contribution in [2.75, 3.05) is 0 Å². The van der Waals surface area contributed by atoms with Crippen molar-refractivity contribution < 1.29 is 0 Å². The van der Waals surface area contributed by atoms with Crippen molar-refractivity contribution in [3.05, 3.63) is 85.2 Å². The molecule has 0 radical (unpaired) electrons. The molecule has 0 spiro atoms. The SMILES string of the molecule is c1ccc(-c2cccc3c2ncn3-c2ccccc2)cc1. The van der Waals surface area contributed by atoms with Gasteiger partial charge in [0.1, 0.15) is 6.33 Å². The molecular formula is C19H14N2. The van der Waals surface area contributed by atoms with E-state index in [4.69, 9.17) is 0 Å². The molecule has 4 rings (SSSR count). The van der Waals surface area contributed by atoms with E-state index in [1.807, 2.05) is 30.6 Å². The molecule has 0 bridgehead atoms. The molecule has 2 nitrogen and oxygen atoms in total. The van der Waals surface area contributed by atoms with Gasteiger partial charge < -0.3 is 0 Å². The largest absolute Gasteiger partial charge is 0.299 e. The third kappa shape index (κ3) is 2.01. The van der Waals surface area contributed by atoms with Crippen LogP contribution in [0.25, 0.3) is 27.8 Å². The van der Waals surface area contributed by atoms with Crippen LogP contribution in [0.2, 0.25) is 0 Å². The molecule has 0 aliphatic carbocycles. The molecule has 0 saturated heterocycles. The molecule has 0 amide bonds. The van der Waals surface area contributed by atoms with Crippen LogP contribution in [0.15, 0.2) is 85.2 Å². The summed E-state index contributed by atoms with van der Waals surface area (Å²) in [4.78, 5) is 4.63. The van der Waals surface area contributed by atoms with Gasteiger partial charge in [0, 0.05) is 11.3 Å². The van der Waals surface area contributed by atoms with Crippen LogP contribution in [0.5, 0.6) is 0 Å². The molecule has 4 aromatic rings. The summed E-state index contributed by atoms with van der Waals surface area (Å²) in [5.41, 5.74) is 5.66. The van der Waals surface area contributed by atoms with Gasteiger partial charge in [-0.25, -0.2) is 4.98 Å². The number of imidazole rings is 1. The van der Waals surface area contributed by atoms with E-state index in [0.717, 1.165) is 16.7 Å². The monoisotopic (exact) mass is 270 g/mol. The molecule has 0 aliphatic heterocycles. The predicted octanol–water partition coefficient (Wildman–Crippen LogP) is 4.69. The van der Waals surface area contributed by atoms with Crippen LogP contribution in [-0.2, 0) is 0 Å². The minimum Gasteiger partial charge on any atom is -0.299 e. The van der Waals surface area contributed by atoms with Gasteiger partial charge in [0.05, 0.1) is 11.0 Å². The molecule has 1 aromatic heterocycles. The summed E-state index contributed by atoms with van der Waals surface area (Å²) >= 11 is 0. The van der Waals surface area contributed by atoms with Gasteiger partial charge in [0.25, 0.3) is 0 Å². The van der Waals surface area contributed by atoms with Gasteiger partial charge in [0.2, 0.25) is 0 Å². The summed E-state index contributed by atoms with van der Waals surface area (Å²) in [6.45, 7) is 0. The van der Waals surface area contributed by atoms with Crippen molar-refractivity contribution in [2.45, 2.75) is 0 Å². The van der Waals surface area contributed by atoms with E-state index in [1.165, 1.54) is 11.1 Å². The van der Waals surface area contributed by atoms with Crippen molar-refractivity contribution in [3.63, 3.8) is 0 Å². The lowest BCUT2D eigenvalue weighted by Crippen LogP contribution is -1.90. The Morgan fingerprint density at radius 1 is 0.667 bits per heavy atom. The lowest BCUT2D eigenvalue weighted by molar-refractivity contribution is 1.09. The van der Waals surface area contributed by atoms with Gasteiger partial charge in [-0.3, -0.25) is 4.57 Å². The summed E-state index contributed by atoms with van der Waals surface area (Å²) in [6, 6.07) is 27.0. The first-order valence-electron chi connectivity index (χ1n) is 7.00. The standard InChI is InChI=1S/C19H14N2/c1-3-8-15(9-4-1)17-12-7-13-18-19(17)20-14-21(18)16-10-5-2-6-11-16/h1-14H. The second-order valence-corrected chi connectivity index (χ2v) is 4.99. The number of aromatic nitrogens is 2. The average Bonchev–Trinajstić information content (AvgIpc) is 3.00. The first-order valence-corrected chi connectivity index (χ1v) is 7.00. The molecular weight excluding hydrogens is 256 g/mol. The number of hydrogen-bond acceptors (Lipinski definition) is 1. The van der Waals surface area contributed by atoms with Crippen LogP contribution in [0.4, 0.5) is 0 Å². The molecule has 0 saturated carbocycles. The first-order chi connectivity index (χ1) is 10.4. The normalized spacial score (nSPS) is 10.9. The molecule has 0 unspecified atom stereocenters. The highest BCUT2D eigenvalue weighted by molar-refractivity contribution is 5.92. The fourth-order valence-corrected chi connectivity index (χ4v) is 2.68. The fraction of sp³-hybridized carbons (Fsp3) is 0. The van der Waals surface area contributed by atoms with Crippen LogP contribution in [-0.4, -0.2) is 9.55 Å². The zero-order valence-electron chi connectivity index (χ0n) is 11.5. The van der Waals surface area contributed by atoms with Gasteiger partial charge in [0.15, 0.2) is 0 Å². The van der Waals surface area contributed by atoms with E-state index in [2.05, 4.69) is 64.1 Å². The van der Waals surface area contributed by atoms with E-state index in [9.17, 15) is 0 Å². The lowest BCUT2D eigenvalue weighted by atomic mass is 10.0. The van der Waals surface area contributed by atoms with Crippen LogP contribution in [0.1, 0.15) is 0 Å². The minimum atomic E-state index is 1.03. The van der Waals surface area contributed by atoms with Gasteiger partial charge in [-0.1, -0.05) is 60.7 Å². The average molecular weight is 270 g/mol. The van der Waals surface area contributed by atoms with Gasteiger partial charge >= 0.3 is 0 Å². The Morgan fingerprint density at radius 3 is 2.14 bits per heavy atom. The number of benzene rings is 3. The second kappa shape index (κ2) is 4.91. The van der Waals surface area contributed by atoms with Crippen LogP contribution in [0, 0.1) is 0 Å².